The molecule has 0 fully saturated rings. The molecule has 0 aliphatic rings. The Balaban J connectivity index is 2.25. The lowest BCUT2D eigenvalue weighted by atomic mass is 10.1. The Kier molecular flexibility index (Phi) is 4.43. The third kappa shape index (κ3) is 3.27. The SMILES string of the molecule is CCc1ccc(Oc2ccc(CCl)cc2C#N)cc1. The molecule has 2 aromatic rings. The number of aryl methyl sites for hydroxylation is 1. The van der Waals surface area contributed by atoms with Gasteiger partial charge in [0.25, 0.3) is 0 Å². The fraction of sp³-hybridized carbons (Fsp3) is 0.188. The highest BCUT2D eigenvalue weighted by Crippen LogP contribution is 2.26. The highest BCUT2D eigenvalue weighted by Gasteiger charge is 2.06. The van der Waals surface area contributed by atoms with Crippen LogP contribution in [-0.2, 0) is 12.3 Å². The second kappa shape index (κ2) is 6.26. The van der Waals surface area contributed by atoms with Gasteiger partial charge in [0.1, 0.15) is 17.6 Å². The maximum absolute atomic E-state index is 9.13. The number of ether oxygens (including phenoxy) is 1. The number of nitrogens with zero attached hydrogens (tertiary/aromatic N) is 1. The van der Waals surface area contributed by atoms with Crippen molar-refractivity contribution in [1.29, 1.82) is 5.26 Å². The predicted octanol–water partition coefficient (Wildman–Crippen LogP) is 4.65. The minimum absolute atomic E-state index is 0.389. The Morgan fingerprint density at radius 2 is 1.79 bits per heavy atom. The van der Waals surface area contributed by atoms with Crippen molar-refractivity contribution < 1.29 is 4.74 Å². The predicted molar refractivity (Wildman–Crippen MR) is 76.6 cm³/mol. The third-order valence-corrected chi connectivity index (χ3v) is 3.19. The highest BCUT2D eigenvalue weighted by atomic mass is 35.5. The van der Waals surface area contributed by atoms with Gasteiger partial charge < -0.3 is 4.74 Å². The molecular formula is C16H14ClNO. The van der Waals surface area contributed by atoms with Crippen LogP contribution in [0.15, 0.2) is 42.5 Å². The van der Waals surface area contributed by atoms with E-state index in [1.165, 1.54) is 5.56 Å². The number of benzene rings is 2. The van der Waals surface area contributed by atoms with Crippen molar-refractivity contribution in [3.63, 3.8) is 0 Å². The van der Waals surface area contributed by atoms with Crippen LogP contribution in [0.1, 0.15) is 23.6 Å². The van der Waals surface area contributed by atoms with Crippen LogP contribution in [0.2, 0.25) is 0 Å². The molecule has 0 aliphatic carbocycles. The maximum Gasteiger partial charge on any atom is 0.145 e. The second-order valence-electron chi connectivity index (χ2n) is 4.18. The monoisotopic (exact) mass is 271 g/mol. The van der Waals surface area contributed by atoms with Crippen LogP contribution in [0.25, 0.3) is 0 Å². The lowest BCUT2D eigenvalue weighted by molar-refractivity contribution is 0.480. The number of nitriles is 1. The quantitative estimate of drug-likeness (QED) is 0.758. The molecule has 0 atom stereocenters. The molecule has 0 saturated heterocycles. The zero-order valence-corrected chi connectivity index (χ0v) is 11.4. The van der Waals surface area contributed by atoms with Crippen LogP contribution in [0.5, 0.6) is 11.5 Å². The number of halogens is 1. The highest BCUT2D eigenvalue weighted by molar-refractivity contribution is 6.17. The molecular weight excluding hydrogens is 258 g/mol. The van der Waals surface area contributed by atoms with Crippen LogP contribution in [0, 0.1) is 11.3 Å². The molecule has 0 heterocycles. The van der Waals surface area contributed by atoms with Gasteiger partial charge in [-0.05, 0) is 41.8 Å². The van der Waals surface area contributed by atoms with Gasteiger partial charge in [-0.3, -0.25) is 0 Å². The Morgan fingerprint density at radius 3 is 2.37 bits per heavy atom. The van der Waals surface area contributed by atoms with Crippen LogP contribution in [0.4, 0.5) is 0 Å². The summed E-state index contributed by atoms with van der Waals surface area (Å²) >= 11 is 5.75. The van der Waals surface area contributed by atoms with Crippen LogP contribution in [-0.4, -0.2) is 0 Å². The second-order valence-corrected chi connectivity index (χ2v) is 4.44. The first kappa shape index (κ1) is 13.5. The summed E-state index contributed by atoms with van der Waals surface area (Å²) in [6, 6.07) is 15.4. The van der Waals surface area contributed by atoms with Crippen molar-refractivity contribution in [1.82, 2.24) is 0 Å². The van der Waals surface area contributed by atoms with Crippen molar-refractivity contribution in [2.75, 3.05) is 0 Å². The molecule has 0 unspecified atom stereocenters. The zero-order valence-electron chi connectivity index (χ0n) is 10.7. The molecule has 2 rings (SSSR count). The molecule has 0 radical (unpaired) electrons. The van der Waals surface area contributed by atoms with Gasteiger partial charge in [-0.15, -0.1) is 11.6 Å². The summed E-state index contributed by atoms with van der Waals surface area (Å²) in [4.78, 5) is 0. The Morgan fingerprint density at radius 1 is 1.11 bits per heavy atom. The number of hydrogen-bond donors (Lipinski definition) is 0. The van der Waals surface area contributed by atoms with E-state index in [2.05, 4.69) is 13.0 Å². The van der Waals surface area contributed by atoms with E-state index in [-0.39, 0.29) is 0 Å². The minimum Gasteiger partial charge on any atom is -0.456 e. The fourth-order valence-corrected chi connectivity index (χ4v) is 1.92. The molecule has 0 spiro atoms. The van der Waals surface area contributed by atoms with E-state index in [4.69, 9.17) is 21.6 Å². The molecule has 0 bridgehead atoms. The molecule has 2 nitrogen and oxygen atoms in total. The van der Waals surface area contributed by atoms with Crippen molar-refractivity contribution in [3.8, 4) is 17.6 Å². The molecule has 0 N–H and O–H groups in total. The summed E-state index contributed by atoms with van der Waals surface area (Å²) in [7, 11) is 0. The molecule has 96 valence electrons. The lowest BCUT2D eigenvalue weighted by Crippen LogP contribution is -1.90. The largest absolute Gasteiger partial charge is 0.456 e. The van der Waals surface area contributed by atoms with Crippen molar-refractivity contribution in [2.45, 2.75) is 19.2 Å². The van der Waals surface area contributed by atoms with Crippen molar-refractivity contribution >= 4 is 11.6 Å². The topological polar surface area (TPSA) is 33.0 Å². The van der Waals surface area contributed by atoms with E-state index in [0.29, 0.717) is 17.2 Å². The maximum atomic E-state index is 9.13. The fourth-order valence-electron chi connectivity index (χ4n) is 1.76. The van der Waals surface area contributed by atoms with Gasteiger partial charge in [0.2, 0.25) is 0 Å². The summed E-state index contributed by atoms with van der Waals surface area (Å²) in [5.41, 5.74) is 2.66. The van der Waals surface area contributed by atoms with Gasteiger partial charge in [-0.25, -0.2) is 0 Å². The molecule has 3 heteroatoms. The van der Waals surface area contributed by atoms with Gasteiger partial charge in [0.05, 0.1) is 5.56 Å². The van der Waals surface area contributed by atoms with E-state index in [9.17, 15) is 0 Å². The molecule has 2 aromatic carbocycles. The Labute approximate surface area is 118 Å². The van der Waals surface area contributed by atoms with Crippen LogP contribution < -0.4 is 4.74 Å². The van der Waals surface area contributed by atoms with Gasteiger partial charge >= 0.3 is 0 Å². The van der Waals surface area contributed by atoms with Gasteiger partial charge in [0.15, 0.2) is 0 Å². The van der Waals surface area contributed by atoms with Crippen molar-refractivity contribution in [2.24, 2.45) is 0 Å². The van der Waals surface area contributed by atoms with E-state index >= 15 is 0 Å². The average molecular weight is 272 g/mol. The van der Waals surface area contributed by atoms with E-state index < -0.39 is 0 Å². The molecule has 0 aromatic heterocycles. The van der Waals surface area contributed by atoms with Crippen molar-refractivity contribution in [3.05, 3.63) is 59.2 Å². The third-order valence-electron chi connectivity index (χ3n) is 2.88. The van der Waals surface area contributed by atoms with Crippen LogP contribution >= 0.6 is 11.6 Å². The normalized spacial score (nSPS) is 9.95. The lowest BCUT2D eigenvalue weighted by Gasteiger charge is -2.08. The van der Waals surface area contributed by atoms with E-state index in [1.54, 1.807) is 12.1 Å². The van der Waals surface area contributed by atoms with E-state index in [1.807, 2.05) is 30.3 Å². The molecule has 0 saturated carbocycles. The van der Waals surface area contributed by atoms with Crippen LogP contribution in [0.3, 0.4) is 0 Å². The van der Waals surface area contributed by atoms with Gasteiger partial charge in [-0.1, -0.05) is 25.1 Å². The first-order valence-electron chi connectivity index (χ1n) is 6.12. The van der Waals surface area contributed by atoms with Gasteiger partial charge in [0, 0.05) is 5.88 Å². The summed E-state index contributed by atoms with van der Waals surface area (Å²) in [5.74, 6) is 1.67. The number of hydrogen-bond acceptors (Lipinski definition) is 2. The summed E-state index contributed by atoms with van der Waals surface area (Å²) in [6.07, 6.45) is 0.994. The molecule has 0 aliphatic heterocycles. The zero-order chi connectivity index (χ0) is 13.7. The average Bonchev–Trinajstić information content (AvgIpc) is 2.48. The standard InChI is InChI=1S/C16H14ClNO/c1-2-12-3-6-15(7-4-12)19-16-8-5-13(10-17)9-14(16)11-18/h3-9H,2,10H2,1H3. The minimum atomic E-state index is 0.389. The summed E-state index contributed by atoms with van der Waals surface area (Å²) in [6.45, 7) is 2.11. The summed E-state index contributed by atoms with van der Waals surface area (Å²) < 4.78 is 5.73. The summed E-state index contributed by atoms with van der Waals surface area (Å²) in [5, 5.41) is 9.13. The number of rotatable bonds is 4. The Hall–Kier alpha value is -1.98. The molecule has 0 amide bonds. The first-order chi connectivity index (χ1) is 9.26. The van der Waals surface area contributed by atoms with E-state index in [0.717, 1.165) is 17.7 Å². The Bertz CT molecular complexity index is 599. The first-order valence-corrected chi connectivity index (χ1v) is 6.66. The van der Waals surface area contributed by atoms with Gasteiger partial charge in [-0.2, -0.15) is 5.26 Å². The number of alkyl halides is 1. The molecule has 19 heavy (non-hydrogen) atoms. The smallest absolute Gasteiger partial charge is 0.145 e.